The molecular formula is C18H25NO4. The summed E-state index contributed by atoms with van der Waals surface area (Å²) in [4.78, 5) is 11.2. The Hall–Kier alpha value is -1.75. The average molecular weight is 319 g/mol. The normalized spacial score (nSPS) is 22.4. The number of carbonyl (C=O) groups is 1. The quantitative estimate of drug-likeness (QED) is 0.809. The van der Waals surface area contributed by atoms with Crippen LogP contribution in [0.5, 0.6) is 11.5 Å². The number of aliphatic carboxylic acids is 1. The van der Waals surface area contributed by atoms with E-state index in [-0.39, 0.29) is 18.4 Å². The SMILES string of the molecule is COc1ccc(C(CC(=O)O)C2CC2)cc1OC1CCCNC1. The highest BCUT2D eigenvalue weighted by atomic mass is 16.5. The minimum absolute atomic E-state index is 0.0743. The molecule has 2 fully saturated rings. The first kappa shape index (κ1) is 16.1. The van der Waals surface area contributed by atoms with Crippen LogP contribution in [-0.4, -0.2) is 37.4 Å². The Labute approximate surface area is 137 Å². The van der Waals surface area contributed by atoms with Crippen LogP contribution >= 0.6 is 0 Å². The van der Waals surface area contributed by atoms with Gasteiger partial charge in [-0.25, -0.2) is 0 Å². The maximum absolute atomic E-state index is 11.2. The Morgan fingerprint density at radius 2 is 2.17 bits per heavy atom. The van der Waals surface area contributed by atoms with Crippen molar-refractivity contribution in [2.75, 3.05) is 20.2 Å². The van der Waals surface area contributed by atoms with E-state index in [4.69, 9.17) is 9.47 Å². The number of carboxylic acids is 1. The van der Waals surface area contributed by atoms with Crippen molar-refractivity contribution in [3.05, 3.63) is 23.8 Å². The molecule has 1 aromatic rings. The van der Waals surface area contributed by atoms with Gasteiger partial charge in [0.15, 0.2) is 11.5 Å². The van der Waals surface area contributed by atoms with Gasteiger partial charge in [0, 0.05) is 6.54 Å². The van der Waals surface area contributed by atoms with Crippen LogP contribution in [0.25, 0.3) is 0 Å². The predicted octanol–water partition coefficient (Wildman–Crippen LogP) is 2.79. The van der Waals surface area contributed by atoms with Crippen molar-refractivity contribution < 1.29 is 19.4 Å². The molecule has 2 N–H and O–H groups in total. The van der Waals surface area contributed by atoms with Crippen molar-refractivity contribution in [3.8, 4) is 11.5 Å². The third-order valence-corrected chi connectivity index (χ3v) is 4.75. The van der Waals surface area contributed by atoms with Gasteiger partial charge in [-0.3, -0.25) is 4.79 Å². The van der Waals surface area contributed by atoms with E-state index in [2.05, 4.69) is 5.32 Å². The van der Waals surface area contributed by atoms with Gasteiger partial charge in [-0.15, -0.1) is 0 Å². The van der Waals surface area contributed by atoms with E-state index in [1.165, 1.54) is 0 Å². The molecule has 1 aromatic carbocycles. The zero-order valence-electron chi connectivity index (χ0n) is 13.6. The molecule has 0 bridgehead atoms. The second-order valence-electron chi connectivity index (χ2n) is 6.54. The van der Waals surface area contributed by atoms with Crippen LogP contribution in [0, 0.1) is 5.92 Å². The highest BCUT2D eigenvalue weighted by molar-refractivity contribution is 5.68. The van der Waals surface area contributed by atoms with Crippen molar-refractivity contribution in [1.82, 2.24) is 5.32 Å². The van der Waals surface area contributed by atoms with Crippen molar-refractivity contribution >= 4 is 5.97 Å². The first-order valence-corrected chi connectivity index (χ1v) is 8.44. The molecule has 1 saturated heterocycles. The Morgan fingerprint density at radius 1 is 1.35 bits per heavy atom. The summed E-state index contributed by atoms with van der Waals surface area (Å²) in [6.07, 6.45) is 4.70. The van der Waals surface area contributed by atoms with E-state index in [1.54, 1.807) is 7.11 Å². The van der Waals surface area contributed by atoms with E-state index in [0.717, 1.165) is 50.1 Å². The fourth-order valence-corrected chi connectivity index (χ4v) is 3.36. The summed E-state index contributed by atoms with van der Waals surface area (Å²) < 4.78 is 11.6. The molecule has 2 aliphatic rings. The lowest BCUT2D eigenvalue weighted by atomic mass is 9.91. The summed E-state index contributed by atoms with van der Waals surface area (Å²) in [5, 5.41) is 12.5. The van der Waals surface area contributed by atoms with E-state index in [9.17, 15) is 9.90 Å². The van der Waals surface area contributed by atoms with Crippen LogP contribution in [-0.2, 0) is 4.79 Å². The molecule has 3 rings (SSSR count). The number of carboxylic acid groups (broad SMARTS) is 1. The van der Waals surface area contributed by atoms with Gasteiger partial charge < -0.3 is 19.9 Å². The molecule has 1 aliphatic carbocycles. The molecule has 0 aromatic heterocycles. The molecule has 23 heavy (non-hydrogen) atoms. The van der Waals surface area contributed by atoms with Gasteiger partial charge in [0.1, 0.15) is 6.10 Å². The fraction of sp³-hybridized carbons (Fsp3) is 0.611. The smallest absolute Gasteiger partial charge is 0.303 e. The number of methoxy groups -OCH3 is 1. The number of hydrogen-bond acceptors (Lipinski definition) is 4. The number of hydrogen-bond donors (Lipinski definition) is 2. The molecule has 5 nitrogen and oxygen atoms in total. The van der Waals surface area contributed by atoms with E-state index >= 15 is 0 Å². The summed E-state index contributed by atoms with van der Waals surface area (Å²) in [5.74, 6) is 1.27. The van der Waals surface area contributed by atoms with Gasteiger partial charge in [0.05, 0.1) is 13.5 Å². The average Bonchev–Trinajstić information content (AvgIpc) is 3.38. The second-order valence-corrected chi connectivity index (χ2v) is 6.54. The first-order chi connectivity index (χ1) is 11.2. The highest BCUT2D eigenvalue weighted by Gasteiger charge is 2.34. The molecule has 0 radical (unpaired) electrons. The van der Waals surface area contributed by atoms with Gasteiger partial charge in [0.25, 0.3) is 0 Å². The van der Waals surface area contributed by atoms with Crippen LogP contribution in [0.2, 0.25) is 0 Å². The maximum Gasteiger partial charge on any atom is 0.303 e. The number of piperidine rings is 1. The van der Waals surface area contributed by atoms with Crippen molar-refractivity contribution in [2.24, 2.45) is 5.92 Å². The van der Waals surface area contributed by atoms with Crippen molar-refractivity contribution in [1.29, 1.82) is 0 Å². The van der Waals surface area contributed by atoms with E-state index < -0.39 is 5.97 Å². The molecule has 5 heteroatoms. The maximum atomic E-state index is 11.2. The summed E-state index contributed by atoms with van der Waals surface area (Å²) in [6.45, 7) is 1.88. The van der Waals surface area contributed by atoms with Crippen molar-refractivity contribution in [2.45, 2.75) is 44.1 Å². The molecule has 1 saturated carbocycles. The van der Waals surface area contributed by atoms with Crippen LogP contribution in [0.1, 0.15) is 43.6 Å². The Morgan fingerprint density at radius 3 is 2.78 bits per heavy atom. The second kappa shape index (κ2) is 7.21. The third-order valence-electron chi connectivity index (χ3n) is 4.75. The Bertz CT molecular complexity index is 550. The van der Waals surface area contributed by atoms with Crippen LogP contribution in [0.4, 0.5) is 0 Å². The van der Waals surface area contributed by atoms with Gasteiger partial charge in [0.2, 0.25) is 0 Å². The van der Waals surface area contributed by atoms with Gasteiger partial charge in [-0.05, 0) is 61.8 Å². The fourth-order valence-electron chi connectivity index (χ4n) is 3.36. The Balaban J connectivity index is 1.80. The number of nitrogens with one attached hydrogen (secondary N) is 1. The summed E-state index contributed by atoms with van der Waals surface area (Å²) in [7, 11) is 1.64. The van der Waals surface area contributed by atoms with Crippen molar-refractivity contribution in [3.63, 3.8) is 0 Å². The minimum Gasteiger partial charge on any atom is -0.493 e. The van der Waals surface area contributed by atoms with Crippen LogP contribution in [0.15, 0.2) is 18.2 Å². The number of ether oxygens (including phenoxy) is 2. The lowest BCUT2D eigenvalue weighted by Crippen LogP contribution is -2.37. The minimum atomic E-state index is -0.739. The summed E-state index contributed by atoms with van der Waals surface area (Å²) in [5.41, 5.74) is 1.05. The van der Waals surface area contributed by atoms with Crippen LogP contribution < -0.4 is 14.8 Å². The third kappa shape index (κ3) is 4.16. The van der Waals surface area contributed by atoms with Gasteiger partial charge in [-0.2, -0.15) is 0 Å². The highest BCUT2D eigenvalue weighted by Crippen LogP contribution is 2.46. The molecule has 2 unspecified atom stereocenters. The number of benzene rings is 1. The first-order valence-electron chi connectivity index (χ1n) is 8.44. The molecule has 1 aliphatic heterocycles. The number of rotatable bonds is 7. The molecular weight excluding hydrogens is 294 g/mol. The van der Waals surface area contributed by atoms with E-state index in [0.29, 0.717) is 11.7 Å². The standard InChI is InChI=1S/C18H25NO4/c1-22-16-7-6-13(15(10-18(20)21)12-4-5-12)9-17(16)23-14-3-2-8-19-11-14/h6-7,9,12,14-15,19H,2-5,8,10-11H2,1H3,(H,20,21). The molecule has 0 amide bonds. The zero-order valence-corrected chi connectivity index (χ0v) is 13.6. The molecule has 2 atom stereocenters. The topological polar surface area (TPSA) is 67.8 Å². The monoisotopic (exact) mass is 319 g/mol. The Kier molecular flexibility index (Phi) is 5.06. The lowest BCUT2D eigenvalue weighted by Gasteiger charge is -2.25. The van der Waals surface area contributed by atoms with E-state index in [1.807, 2.05) is 18.2 Å². The zero-order chi connectivity index (χ0) is 16.2. The summed E-state index contributed by atoms with van der Waals surface area (Å²) >= 11 is 0. The molecule has 1 heterocycles. The van der Waals surface area contributed by atoms with Gasteiger partial charge in [-0.1, -0.05) is 6.07 Å². The molecule has 0 spiro atoms. The van der Waals surface area contributed by atoms with Crippen LogP contribution in [0.3, 0.4) is 0 Å². The summed E-state index contributed by atoms with van der Waals surface area (Å²) in [6, 6.07) is 5.87. The largest absolute Gasteiger partial charge is 0.493 e. The molecule has 126 valence electrons. The predicted molar refractivity (Wildman–Crippen MR) is 87.2 cm³/mol. The van der Waals surface area contributed by atoms with Gasteiger partial charge >= 0.3 is 5.97 Å². The lowest BCUT2D eigenvalue weighted by molar-refractivity contribution is -0.137.